The summed E-state index contributed by atoms with van der Waals surface area (Å²) >= 11 is 0. The summed E-state index contributed by atoms with van der Waals surface area (Å²) in [5, 5.41) is 41.2. The van der Waals surface area contributed by atoms with Gasteiger partial charge in [-0.2, -0.15) is 0 Å². The van der Waals surface area contributed by atoms with E-state index in [1.807, 2.05) is 12.1 Å². The second-order valence-electron chi connectivity index (χ2n) is 10.4. The monoisotopic (exact) mass is 478 g/mol. The molecule has 35 heavy (non-hydrogen) atoms. The van der Waals surface area contributed by atoms with Crippen LogP contribution in [0.3, 0.4) is 0 Å². The molecule has 0 spiro atoms. The molecule has 4 nitrogen and oxygen atoms in total. The van der Waals surface area contributed by atoms with E-state index in [4.69, 9.17) is 0 Å². The third-order valence-corrected chi connectivity index (χ3v) is 7.94. The standard InChI is InChI=1S/C29H44B2O4/c1-3-5-7-9-11-15-21-29(22-16-12-10-8-6-4-2)25-18-14-13-17-23(25)24-19-20-26(30(32)33)28(27(24)29)31(34)35/h13-14,17-20,32-35H,3-12,15-16,21-22H2,1-2H3. The summed E-state index contributed by atoms with van der Waals surface area (Å²) in [4.78, 5) is 0. The molecule has 1 aliphatic carbocycles. The molecule has 0 atom stereocenters. The van der Waals surface area contributed by atoms with Crippen molar-refractivity contribution in [2.45, 2.75) is 109 Å². The summed E-state index contributed by atoms with van der Waals surface area (Å²) in [6, 6.07) is 12.0. The van der Waals surface area contributed by atoms with E-state index in [2.05, 4.69) is 32.0 Å². The minimum absolute atomic E-state index is 0.196. The van der Waals surface area contributed by atoms with Crippen molar-refractivity contribution in [2.75, 3.05) is 0 Å². The maximum atomic E-state index is 10.5. The predicted molar refractivity (Wildman–Crippen MR) is 148 cm³/mol. The fraction of sp³-hybridized carbons (Fsp3) is 0.586. The van der Waals surface area contributed by atoms with Crippen LogP contribution in [0.1, 0.15) is 115 Å². The Hall–Kier alpha value is -1.59. The van der Waals surface area contributed by atoms with Gasteiger partial charge < -0.3 is 20.1 Å². The van der Waals surface area contributed by atoms with E-state index >= 15 is 0 Å². The van der Waals surface area contributed by atoms with Crippen LogP contribution in [0, 0.1) is 0 Å². The molecule has 0 aromatic heterocycles. The van der Waals surface area contributed by atoms with Gasteiger partial charge in [0.1, 0.15) is 0 Å². The molecule has 190 valence electrons. The Labute approximate surface area is 213 Å². The summed E-state index contributed by atoms with van der Waals surface area (Å²) in [6.45, 7) is 4.47. The zero-order valence-corrected chi connectivity index (χ0v) is 21.8. The van der Waals surface area contributed by atoms with E-state index in [0.29, 0.717) is 0 Å². The number of fused-ring (bicyclic) bond motifs is 3. The van der Waals surface area contributed by atoms with Gasteiger partial charge in [-0.3, -0.25) is 0 Å². The summed E-state index contributed by atoms with van der Waals surface area (Å²) in [5.74, 6) is 0. The lowest BCUT2D eigenvalue weighted by Crippen LogP contribution is -2.53. The topological polar surface area (TPSA) is 80.9 Å². The molecule has 4 N–H and O–H groups in total. The van der Waals surface area contributed by atoms with Crippen molar-refractivity contribution in [3.05, 3.63) is 47.5 Å². The molecule has 2 aromatic rings. The highest BCUT2D eigenvalue weighted by Gasteiger charge is 2.46. The predicted octanol–water partition coefficient (Wildman–Crippen LogP) is 4.81. The molecule has 0 bridgehead atoms. The molecule has 0 aliphatic heterocycles. The Morgan fingerprint density at radius 2 is 1.14 bits per heavy atom. The molecule has 2 aromatic carbocycles. The molecule has 0 heterocycles. The van der Waals surface area contributed by atoms with Crippen molar-refractivity contribution in [1.29, 1.82) is 0 Å². The fourth-order valence-electron chi connectivity index (χ4n) is 6.21. The van der Waals surface area contributed by atoms with Gasteiger partial charge in [0.25, 0.3) is 0 Å². The van der Waals surface area contributed by atoms with Crippen molar-refractivity contribution in [1.82, 2.24) is 0 Å². The van der Waals surface area contributed by atoms with Gasteiger partial charge in [-0.25, -0.2) is 0 Å². The quantitative estimate of drug-likeness (QED) is 0.206. The highest BCUT2D eigenvalue weighted by atomic mass is 16.4. The van der Waals surface area contributed by atoms with Crippen LogP contribution in [0.4, 0.5) is 0 Å². The number of unbranched alkanes of at least 4 members (excludes halogenated alkanes) is 10. The van der Waals surface area contributed by atoms with Gasteiger partial charge in [-0.1, -0.05) is 127 Å². The van der Waals surface area contributed by atoms with E-state index in [1.165, 1.54) is 56.9 Å². The van der Waals surface area contributed by atoms with Gasteiger partial charge in [-0.15, -0.1) is 0 Å². The average Bonchev–Trinajstić information content (AvgIpc) is 3.13. The van der Waals surface area contributed by atoms with Crippen LogP contribution in [0.5, 0.6) is 0 Å². The normalized spacial score (nSPS) is 13.5. The third-order valence-electron chi connectivity index (χ3n) is 7.94. The van der Waals surface area contributed by atoms with Crippen LogP contribution in [0.15, 0.2) is 36.4 Å². The lowest BCUT2D eigenvalue weighted by Gasteiger charge is -2.35. The second kappa shape index (κ2) is 13.6. The Balaban J connectivity index is 2.02. The summed E-state index contributed by atoms with van der Waals surface area (Å²) in [7, 11) is -3.51. The van der Waals surface area contributed by atoms with Gasteiger partial charge in [0.15, 0.2) is 0 Å². The molecule has 1 aliphatic rings. The van der Waals surface area contributed by atoms with Crippen LogP contribution in [0.2, 0.25) is 0 Å². The molecular formula is C29H44B2O4. The fourth-order valence-corrected chi connectivity index (χ4v) is 6.21. The largest absolute Gasteiger partial charge is 0.488 e. The summed E-state index contributed by atoms with van der Waals surface area (Å²) < 4.78 is 0. The maximum Gasteiger partial charge on any atom is 0.488 e. The minimum Gasteiger partial charge on any atom is -0.423 e. The van der Waals surface area contributed by atoms with E-state index < -0.39 is 14.2 Å². The Morgan fingerprint density at radius 3 is 1.69 bits per heavy atom. The van der Waals surface area contributed by atoms with Crippen LogP contribution < -0.4 is 10.9 Å². The molecule has 0 amide bonds. The third kappa shape index (κ3) is 6.40. The van der Waals surface area contributed by atoms with Gasteiger partial charge in [-0.05, 0) is 46.0 Å². The number of rotatable bonds is 16. The van der Waals surface area contributed by atoms with E-state index in [9.17, 15) is 20.1 Å². The number of hydrogen-bond donors (Lipinski definition) is 4. The lowest BCUT2D eigenvalue weighted by atomic mass is 9.58. The Morgan fingerprint density at radius 1 is 0.600 bits per heavy atom. The molecule has 0 saturated heterocycles. The number of hydrogen-bond acceptors (Lipinski definition) is 4. The Bertz CT molecular complexity index is 913. The first-order valence-corrected chi connectivity index (χ1v) is 14.0. The SMILES string of the molecule is CCCCCCCCC1(CCCCCCCC)c2ccccc2-c2ccc(B(O)O)c(B(O)O)c21. The first-order chi connectivity index (χ1) is 17.0. The summed E-state index contributed by atoms with van der Waals surface area (Å²) in [5.41, 5.74) is 4.44. The maximum absolute atomic E-state index is 10.5. The smallest absolute Gasteiger partial charge is 0.423 e. The molecule has 3 rings (SSSR count). The Kier molecular flexibility index (Phi) is 10.9. The first-order valence-electron chi connectivity index (χ1n) is 14.0. The van der Waals surface area contributed by atoms with Crippen LogP contribution in [0.25, 0.3) is 11.1 Å². The van der Waals surface area contributed by atoms with E-state index in [0.717, 1.165) is 55.2 Å². The van der Waals surface area contributed by atoms with Crippen molar-refractivity contribution >= 4 is 25.2 Å². The number of benzene rings is 2. The van der Waals surface area contributed by atoms with E-state index in [1.54, 1.807) is 6.07 Å². The van der Waals surface area contributed by atoms with Gasteiger partial charge >= 0.3 is 14.2 Å². The van der Waals surface area contributed by atoms with Crippen LogP contribution >= 0.6 is 0 Å². The zero-order valence-electron chi connectivity index (χ0n) is 21.8. The highest BCUT2D eigenvalue weighted by molar-refractivity contribution is 6.72. The van der Waals surface area contributed by atoms with Gasteiger partial charge in [0.2, 0.25) is 0 Å². The van der Waals surface area contributed by atoms with E-state index in [-0.39, 0.29) is 16.3 Å². The molecule has 6 heteroatoms. The highest BCUT2D eigenvalue weighted by Crippen LogP contribution is 2.53. The molecular weight excluding hydrogens is 434 g/mol. The van der Waals surface area contributed by atoms with Crippen LogP contribution in [-0.4, -0.2) is 34.3 Å². The van der Waals surface area contributed by atoms with Crippen molar-refractivity contribution in [2.24, 2.45) is 0 Å². The molecule has 0 unspecified atom stereocenters. The average molecular weight is 478 g/mol. The summed E-state index contributed by atoms with van der Waals surface area (Å²) in [6.07, 6.45) is 16.3. The zero-order chi connectivity index (χ0) is 25.3. The van der Waals surface area contributed by atoms with Crippen molar-refractivity contribution in [3.63, 3.8) is 0 Å². The van der Waals surface area contributed by atoms with Crippen molar-refractivity contribution in [3.8, 4) is 11.1 Å². The van der Waals surface area contributed by atoms with Gasteiger partial charge in [0, 0.05) is 5.41 Å². The van der Waals surface area contributed by atoms with Crippen molar-refractivity contribution < 1.29 is 20.1 Å². The second-order valence-corrected chi connectivity index (χ2v) is 10.4. The lowest BCUT2D eigenvalue weighted by molar-refractivity contribution is 0.393. The molecule has 0 radical (unpaired) electrons. The molecule has 0 saturated carbocycles. The molecule has 0 fully saturated rings. The minimum atomic E-state index is -1.76. The van der Waals surface area contributed by atoms with Gasteiger partial charge in [0.05, 0.1) is 0 Å². The first kappa shape index (κ1) is 28.0. The van der Waals surface area contributed by atoms with Crippen LogP contribution in [-0.2, 0) is 5.41 Å².